The quantitative estimate of drug-likeness (QED) is 0.918. The molecule has 1 amide bonds. The number of carbonyl (C=O) groups is 1. The minimum atomic E-state index is -0.433. The van der Waals surface area contributed by atoms with Crippen molar-refractivity contribution in [3.05, 3.63) is 30.3 Å². The molecule has 2 unspecified atom stereocenters. The molecule has 1 saturated heterocycles. The summed E-state index contributed by atoms with van der Waals surface area (Å²) in [5.41, 5.74) is 0. The number of amides is 1. The fraction of sp³-hybridized carbons (Fsp3) is 0.500. The molecule has 2 atom stereocenters. The molecule has 4 nitrogen and oxygen atoms in total. The molecule has 2 rings (SSSR count). The number of para-hydroxylation sites is 1. The Morgan fingerprint density at radius 3 is 2.74 bits per heavy atom. The topological polar surface area (TPSA) is 41.6 Å². The predicted octanol–water partition coefficient (Wildman–Crippen LogP) is 1.70. The van der Waals surface area contributed by atoms with Crippen LogP contribution in [0.15, 0.2) is 30.3 Å². The lowest BCUT2D eigenvalue weighted by atomic mass is 10.2. The summed E-state index contributed by atoms with van der Waals surface area (Å²) >= 11 is 0. The van der Waals surface area contributed by atoms with Gasteiger partial charge in [-0.1, -0.05) is 18.2 Å². The molecule has 0 spiro atoms. The van der Waals surface area contributed by atoms with Gasteiger partial charge in [0.05, 0.1) is 0 Å². The zero-order chi connectivity index (χ0) is 13.0. The van der Waals surface area contributed by atoms with Crippen LogP contribution in [0.1, 0.15) is 13.8 Å². The third kappa shape index (κ3) is 4.40. The van der Waals surface area contributed by atoms with Gasteiger partial charge < -0.3 is 15.0 Å². The van der Waals surface area contributed by atoms with Gasteiger partial charge in [-0.15, -0.1) is 12.4 Å². The Hall–Kier alpha value is -1.26. The molecule has 1 heterocycles. The Balaban J connectivity index is 0.00000180. The third-order valence-corrected chi connectivity index (χ3v) is 3.08. The molecule has 0 aliphatic carbocycles. The van der Waals surface area contributed by atoms with Crippen LogP contribution in [0, 0.1) is 0 Å². The first-order chi connectivity index (χ1) is 8.66. The van der Waals surface area contributed by atoms with E-state index >= 15 is 0 Å². The minimum absolute atomic E-state index is 0. The van der Waals surface area contributed by atoms with Crippen LogP contribution >= 0.6 is 12.4 Å². The van der Waals surface area contributed by atoms with Crippen LogP contribution in [0.2, 0.25) is 0 Å². The highest BCUT2D eigenvalue weighted by atomic mass is 35.5. The van der Waals surface area contributed by atoms with Gasteiger partial charge in [0.1, 0.15) is 5.75 Å². The first-order valence-electron chi connectivity index (χ1n) is 6.40. The smallest absolute Gasteiger partial charge is 0.263 e. The van der Waals surface area contributed by atoms with Crippen LogP contribution in [-0.2, 0) is 4.79 Å². The molecule has 1 aromatic rings. The lowest BCUT2D eigenvalue weighted by Crippen LogP contribution is -2.54. The van der Waals surface area contributed by atoms with Crippen molar-refractivity contribution in [2.24, 2.45) is 0 Å². The Bertz CT molecular complexity index is 400. The van der Waals surface area contributed by atoms with E-state index in [1.807, 2.05) is 42.2 Å². The molecule has 1 aliphatic heterocycles. The van der Waals surface area contributed by atoms with Crippen molar-refractivity contribution in [2.75, 3.05) is 19.6 Å². The summed E-state index contributed by atoms with van der Waals surface area (Å²) in [5, 5.41) is 3.32. The molecule has 1 aromatic carbocycles. The fourth-order valence-electron chi connectivity index (χ4n) is 2.14. The molecular weight excluding hydrogens is 264 g/mol. The molecule has 106 valence electrons. The van der Waals surface area contributed by atoms with Crippen LogP contribution in [0.25, 0.3) is 0 Å². The van der Waals surface area contributed by atoms with Crippen molar-refractivity contribution in [2.45, 2.75) is 26.0 Å². The number of nitrogens with one attached hydrogen (secondary N) is 1. The second kappa shape index (κ2) is 7.36. The normalized spacial score (nSPS) is 20.3. The van der Waals surface area contributed by atoms with Gasteiger partial charge in [-0.25, -0.2) is 0 Å². The van der Waals surface area contributed by atoms with Gasteiger partial charge in [0.15, 0.2) is 6.10 Å². The van der Waals surface area contributed by atoms with Gasteiger partial charge in [-0.2, -0.15) is 0 Å². The van der Waals surface area contributed by atoms with Crippen molar-refractivity contribution in [3.8, 4) is 5.75 Å². The molecule has 19 heavy (non-hydrogen) atoms. The van der Waals surface area contributed by atoms with E-state index in [-0.39, 0.29) is 18.3 Å². The standard InChI is InChI=1S/C14H20N2O2.ClH/c1-11-10-16(9-8-15-11)14(17)12(2)18-13-6-4-3-5-7-13;/h3-7,11-12,15H,8-10H2,1-2H3;1H. The molecule has 0 aromatic heterocycles. The maximum atomic E-state index is 12.2. The molecule has 5 heteroatoms. The number of hydrogen-bond acceptors (Lipinski definition) is 3. The summed E-state index contributed by atoms with van der Waals surface area (Å²) in [6.45, 7) is 6.25. The van der Waals surface area contributed by atoms with E-state index in [2.05, 4.69) is 12.2 Å². The van der Waals surface area contributed by atoms with Crippen molar-refractivity contribution < 1.29 is 9.53 Å². The summed E-state index contributed by atoms with van der Waals surface area (Å²) in [5.74, 6) is 0.800. The third-order valence-electron chi connectivity index (χ3n) is 3.08. The number of nitrogens with zero attached hydrogens (tertiary/aromatic N) is 1. The van der Waals surface area contributed by atoms with E-state index < -0.39 is 6.10 Å². The number of rotatable bonds is 3. The van der Waals surface area contributed by atoms with Gasteiger partial charge in [0.2, 0.25) is 0 Å². The van der Waals surface area contributed by atoms with Crippen LogP contribution in [0.3, 0.4) is 0 Å². The first-order valence-corrected chi connectivity index (χ1v) is 6.40. The number of ether oxygens (including phenoxy) is 1. The Kier molecular flexibility index (Phi) is 6.12. The van der Waals surface area contributed by atoms with Crippen LogP contribution < -0.4 is 10.1 Å². The van der Waals surface area contributed by atoms with Crippen molar-refractivity contribution in [3.63, 3.8) is 0 Å². The van der Waals surface area contributed by atoms with E-state index in [4.69, 9.17) is 4.74 Å². The SMILES string of the molecule is CC1CN(C(=O)C(C)Oc2ccccc2)CCN1.Cl. The van der Waals surface area contributed by atoms with E-state index in [1.165, 1.54) is 0 Å². The molecule has 0 saturated carbocycles. The zero-order valence-electron chi connectivity index (χ0n) is 11.3. The molecule has 1 fully saturated rings. The summed E-state index contributed by atoms with van der Waals surface area (Å²) in [4.78, 5) is 14.1. The molecule has 0 radical (unpaired) electrons. The average Bonchev–Trinajstić information content (AvgIpc) is 2.39. The molecular formula is C14H21ClN2O2. The van der Waals surface area contributed by atoms with Crippen LogP contribution in [0.4, 0.5) is 0 Å². The number of benzene rings is 1. The lowest BCUT2D eigenvalue weighted by Gasteiger charge is -2.33. The maximum absolute atomic E-state index is 12.2. The molecule has 1 aliphatic rings. The van der Waals surface area contributed by atoms with E-state index in [0.29, 0.717) is 6.04 Å². The van der Waals surface area contributed by atoms with E-state index in [1.54, 1.807) is 0 Å². The highest BCUT2D eigenvalue weighted by Crippen LogP contribution is 2.12. The van der Waals surface area contributed by atoms with E-state index in [0.717, 1.165) is 25.4 Å². The number of piperazine rings is 1. The Morgan fingerprint density at radius 1 is 1.42 bits per heavy atom. The van der Waals surface area contributed by atoms with Crippen molar-refractivity contribution >= 4 is 18.3 Å². The number of carbonyl (C=O) groups excluding carboxylic acids is 1. The largest absolute Gasteiger partial charge is 0.481 e. The molecule has 0 bridgehead atoms. The highest BCUT2D eigenvalue weighted by Gasteiger charge is 2.25. The maximum Gasteiger partial charge on any atom is 0.263 e. The fourth-order valence-corrected chi connectivity index (χ4v) is 2.14. The van der Waals surface area contributed by atoms with Crippen molar-refractivity contribution in [1.82, 2.24) is 10.2 Å². The van der Waals surface area contributed by atoms with Crippen LogP contribution in [-0.4, -0.2) is 42.6 Å². The summed E-state index contributed by atoms with van der Waals surface area (Å²) in [7, 11) is 0. The zero-order valence-corrected chi connectivity index (χ0v) is 12.2. The van der Waals surface area contributed by atoms with Gasteiger partial charge in [-0.3, -0.25) is 4.79 Å². The Morgan fingerprint density at radius 2 is 2.11 bits per heavy atom. The van der Waals surface area contributed by atoms with Gasteiger partial charge in [-0.05, 0) is 26.0 Å². The Labute approximate surface area is 120 Å². The predicted molar refractivity (Wildman–Crippen MR) is 77.8 cm³/mol. The second-order valence-corrected chi connectivity index (χ2v) is 4.71. The second-order valence-electron chi connectivity index (χ2n) is 4.71. The van der Waals surface area contributed by atoms with Crippen molar-refractivity contribution in [1.29, 1.82) is 0 Å². The monoisotopic (exact) mass is 284 g/mol. The summed E-state index contributed by atoms with van der Waals surface area (Å²) in [6, 6.07) is 9.82. The van der Waals surface area contributed by atoms with Crippen LogP contribution in [0.5, 0.6) is 5.75 Å². The lowest BCUT2D eigenvalue weighted by molar-refractivity contribution is -0.139. The van der Waals surface area contributed by atoms with Gasteiger partial charge in [0, 0.05) is 25.7 Å². The number of hydrogen-bond donors (Lipinski definition) is 1. The van der Waals surface area contributed by atoms with Gasteiger partial charge >= 0.3 is 0 Å². The van der Waals surface area contributed by atoms with Gasteiger partial charge in [0.25, 0.3) is 5.91 Å². The first kappa shape index (κ1) is 15.8. The molecule has 1 N–H and O–H groups in total. The van der Waals surface area contributed by atoms with E-state index in [9.17, 15) is 4.79 Å². The highest BCUT2D eigenvalue weighted by molar-refractivity contribution is 5.85. The average molecular weight is 285 g/mol. The summed E-state index contributed by atoms with van der Waals surface area (Å²) < 4.78 is 5.65. The minimum Gasteiger partial charge on any atom is -0.481 e. The summed E-state index contributed by atoms with van der Waals surface area (Å²) in [6.07, 6.45) is -0.433. The number of halogens is 1.